The zero-order chi connectivity index (χ0) is 19.3. The molecule has 1 N–H and O–H groups in total. The van der Waals surface area contributed by atoms with E-state index in [4.69, 9.17) is 4.98 Å². The Hall–Kier alpha value is -2.80. The van der Waals surface area contributed by atoms with Gasteiger partial charge in [-0.1, -0.05) is 30.3 Å². The van der Waals surface area contributed by atoms with Crippen molar-refractivity contribution in [2.75, 3.05) is 18.0 Å². The molecule has 0 spiro atoms. The summed E-state index contributed by atoms with van der Waals surface area (Å²) in [7, 11) is 0. The number of benzene rings is 1. The van der Waals surface area contributed by atoms with Crippen LogP contribution in [0.15, 0.2) is 54.3 Å². The van der Waals surface area contributed by atoms with Crippen molar-refractivity contribution in [3.63, 3.8) is 0 Å². The molecule has 1 aliphatic rings. The molecule has 4 rings (SSSR count). The number of piperidine rings is 1. The number of rotatable bonds is 5. The van der Waals surface area contributed by atoms with Gasteiger partial charge in [0.2, 0.25) is 5.91 Å². The smallest absolute Gasteiger partial charge is 0.223 e. The predicted octanol–water partition coefficient (Wildman–Crippen LogP) is 3.69. The molecular weight excluding hydrogens is 370 g/mol. The van der Waals surface area contributed by atoms with Crippen LogP contribution in [0.5, 0.6) is 0 Å². The largest absolute Gasteiger partial charge is 0.355 e. The summed E-state index contributed by atoms with van der Waals surface area (Å²) in [4.78, 5) is 28.1. The summed E-state index contributed by atoms with van der Waals surface area (Å²) in [6.07, 6.45) is 6.79. The molecule has 0 unspecified atom stereocenters. The van der Waals surface area contributed by atoms with Gasteiger partial charge in [0.25, 0.3) is 0 Å². The van der Waals surface area contributed by atoms with Gasteiger partial charge in [-0.15, -0.1) is 11.3 Å². The minimum absolute atomic E-state index is 0.0314. The summed E-state index contributed by atoms with van der Waals surface area (Å²) in [5, 5.41) is 6.13. The molecule has 0 radical (unpaired) electrons. The Morgan fingerprint density at radius 2 is 2.00 bits per heavy atom. The van der Waals surface area contributed by atoms with Gasteiger partial charge in [-0.05, 0) is 19.8 Å². The quantitative estimate of drug-likeness (QED) is 0.716. The molecule has 1 aliphatic heterocycles. The molecule has 1 amide bonds. The van der Waals surface area contributed by atoms with Gasteiger partial charge in [0, 0.05) is 42.3 Å². The molecule has 2 aromatic heterocycles. The van der Waals surface area contributed by atoms with E-state index < -0.39 is 0 Å². The summed E-state index contributed by atoms with van der Waals surface area (Å²) in [5.74, 6) is 1.03. The van der Waals surface area contributed by atoms with Gasteiger partial charge in [0.1, 0.15) is 10.8 Å². The molecule has 7 heteroatoms. The fourth-order valence-electron chi connectivity index (χ4n) is 3.45. The molecule has 3 aromatic rings. The van der Waals surface area contributed by atoms with Crippen LogP contribution in [0, 0.1) is 5.92 Å². The SMILES string of the molecule is C[C@@H](NC(=O)C1CCN(c2cnccn2)CC1)c1nc(-c2ccccc2)cs1. The van der Waals surface area contributed by atoms with Crippen molar-refractivity contribution in [3.05, 3.63) is 59.3 Å². The topological polar surface area (TPSA) is 71.0 Å². The van der Waals surface area contributed by atoms with Gasteiger partial charge in [0.15, 0.2) is 0 Å². The third kappa shape index (κ3) is 4.20. The first-order valence-electron chi connectivity index (χ1n) is 9.53. The first-order valence-corrected chi connectivity index (χ1v) is 10.4. The number of hydrogen-bond acceptors (Lipinski definition) is 6. The van der Waals surface area contributed by atoms with Gasteiger partial charge >= 0.3 is 0 Å². The number of carbonyl (C=O) groups is 1. The average Bonchev–Trinajstić information content (AvgIpc) is 3.26. The zero-order valence-electron chi connectivity index (χ0n) is 15.8. The van der Waals surface area contributed by atoms with E-state index >= 15 is 0 Å². The molecule has 1 fully saturated rings. The lowest BCUT2D eigenvalue weighted by molar-refractivity contribution is -0.126. The Bertz CT molecular complexity index is 907. The molecule has 1 atom stereocenters. The second-order valence-electron chi connectivity index (χ2n) is 6.99. The molecule has 1 saturated heterocycles. The van der Waals surface area contributed by atoms with E-state index in [0.717, 1.165) is 48.0 Å². The van der Waals surface area contributed by atoms with Crippen LogP contribution in [0.3, 0.4) is 0 Å². The van der Waals surface area contributed by atoms with Crippen molar-refractivity contribution in [1.82, 2.24) is 20.3 Å². The molecule has 144 valence electrons. The maximum Gasteiger partial charge on any atom is 0.223 e. The second-order valence-corrected chi connectivity index (χ2v) is 7.88. The van der Waals surface area contributed by atoms with Crippen molar-refractivity contribution in [3.8, 4) is 11.3 Å². The fourth-order valence-corrected chi connectivity index (χ4v) is 4.28. The standard InChI is InChI=1S/C21H23N5OS/c1-15(21-25-18(14-28-21)16-5-3-2-4-6-16)24-20(27)17-7-11-26(12-8-17)19-13-22-9-10-23-19/h2-6,9-10,13-15,17H,7-8,11-12H2,1H3,(H,24,27)/t15-/m1/s1. The Balaban J connectivity index is 1.32. The Morgan fingerprint density at radius 3 is 2.71 bits per heavy atom. The summed E-state index contributed by atoms with van der Waals surface area (Å²) in [6, 6.07) is 10.0. The van der Waals surface area contributed by atoms with E-state index in [2.05, 4.69) is 20.2 Å². The number of carbonyl (C=O) groups excluding carboxylic acids is 1. The van der Waals surface area contributed by atoms with E-state index in [9.17, 15) is 4.79 Å². The highest BCUT2D eigenvalue weighted by Crippen LogP contribution is 2.26. The van der Waals surface area contributed by atoms with Crippen molar-refractivity contribution in [2.24, 2.45) is 5.92 Å². The molecule has 28 heavy (non-hydrogen) atoms. The van der Waals surface area contributed by atoms with E-state index in [1.807, 2.05) is 42.6 Å². The maximum absolute atomic E-state index is 12.7. The lowest BCUT2D eigenvalue weighted by Crippen LogP contribution is -2.41. The molecule has 6 nitrogen and oxygen atoms in total. The molecule has 3 heterocycles. The normalized spacial score (nSPS) is 16.0. The Morgan fingerprint density at radius 1 is 1.21 bits per heavy atom. The summed E-state index contributed by atoms with van der Waals surface area (Å²) in [6.45, 7) is 3.64. The fraction of sp³-hybridized carbons (Fsp3) is 0.333. The summed E-state index contributed by atoms with van der Waals surface area (Å²) >= 11 is 1.59. The average molecular weight is 394 g/mol. The third-order valence-electron chi connectivity index (χ3n) is 5.06. The number of nitrogens with zero attached hydrogens (tertiary/aromatic N) is 4. The monoisotopic (exact) mass is 393 g/mol. The molecule has 0 aliphatic carbocycles. The van der Waals surface area contributed by atoms with Crippen LogP contribution in [0.1, 0.15) is 30.8 Å². The number of anilines is 1. The molecular formula is C21H23N5OS. The molecule has 1 aromatic carbocycles. The van der Waals surface area contributed by atoms with Gasteiger partial charge < -0.3 is 10.2 Å². The highest BCUT2D eigenvalue weighted by atomic mass is 32.1. The van der Waals surface area contributed by atoms with Crippen LogP contribution < -0.4 is 10.2 Å². The summed E-state index contributed by atoms with van der Waals surface area (Å²) < 4.78 is 0. The van der Waals surface area contributed by atoms with E-state index in [0.29, 0.717) is 0 Å². The number of thiazole rings is 1. The minimum Gasteiger partial charge on any atom is -0.355 e. The Labute approximate surface area is 168 Å². The number of hydrogen-bond donors (Lipinski definition) is 1. The molecule has 0 saturated carbocycles. The predicted molar refractivity (Wildman–Crippen MR) is 111 cm³/mol. The van der Waals surface area contributed by atoms with Crippen LogP contribution in [-0.2, 0) is 4.79 Å². The van der Waals surface area contributed by atoms with Crippen molar-refractivity contribution >= 4 is 23.1 Å². The van der Waals surface area contributed by atoms with E-state index in [-0.39, 0.29) is 17.9 Å². The van der Waals surface area contributed by atoms with Crippen molar-refractivity contribution in [1.29, 1.82) is 0 Å². The van der Waals surface area contributed by atoms with Crippen LogP contribution >= 0.6 is 11.3 Å². The van der Waals surface area contributed by atoms with E-state index in [1.54, 1.807) is 29.9 Å². The minimum atomic E-state index is -0.0898. The van der Waals surface area contributed by atoms with Crippen LogP contribution in [0.4, 0.5) is 5.82 Å². The number of nitrogens with one attached hydrogen (secondary N) is 1. The van der Waals surface area contributed by atoms with Crippen LogP contribution in [0.25, 0.3) is 11.3 Å². The second kappa shape index (κ2) is 8.48. The first-order chi connectivity index (χ1) is 13.7. The lowest BCUT2D eigenvalue weighted by atomic mass is 9.95. The number of amides is 1. The van der Waals surface area contributed by atoms with Crippen molar-refractivity contribution < 1.29 is 4.79 Å². The lowest BCUT2D eigenvalue weighted by Gasteiger charge is -2.32. The van der Waals surface area contributed by atoms with Gasteiger partial charge in [0.05, 0.1) is 17.9 Å². The van der Waals surface area contributed by atoms with Gasteiger partial charge in [-0.2, -0.15) is 0 Å². The number of aromatic nitrogens is 3. The summed E-state index contributed by atoms with van der Waals surface area (Å²) in [5.41, 5.74) is 2.05. The van der Waals surface area contributed by atoms with Crippen molar-refractivity contribution in [2.45, 2.75) is 25.8 Å². The highest BCUT2D eigenvalue weighted by molar-refractivity contribution is 7.10. The van der Waals surface area contributed by atoms with Crippen LogP contribution in [-0.4, -0.2) is 33.9 Å². The van der Waals surface area contributed by atoms with Gasteiger partial charge in [-0.25, -0.2) is 9.97 Å². The first kappa shape index (κ1) is 18.6. The van der Waals surface area contributed by atoms with Gasteiger partial charge in [-0.3, -0.25) is 9.78 Å². The maximum atomic E-state index is 12.7. The highest BCUT2D eigenvalue weighted by Gasteiger charge is 2.27. The van der Waals surface area contributed by atoms with E-state index in [1.165, 1.54) is 0 Å². The molecule has 0 bridgehead atoms. The van der Waals surface area contributed by atoms with Crippen LogP contribution in [0.2, 0.25) is 0 Å². The zero-order valence-corrected chi connectivity index (χ0v) is 16.6. The Kier molecular flexibility index (Phi) is 5.62. The third-order valence-corrected chi connectivity index (χ3v) is 6.09.